The predicted octanol–water partition coefficient (Wildman–Crippen LogP) is 2.49. The second-order valence-corrected chi connectivity index (χ2v) is 5.55. The number of hydrogen-bond acceptors (Lipinski definition) is 3. The Labute approximate surface area is 125 Å². The van der Waals surface area contributed by atoms with Gasteiger partial charge in [-0.05, 0) is 35.1 Å². The zero-order chi connectivity index (χ0) is 14.1. The van der Waals surface area contributed by atoms with E-state index in [9.17, 15) is 0 Å². The first kappa shape index (κ1) is 13.3. The molecule has 0 aliphatic carbocycles. The normalized spacial score (nSPS) is 11.3. The van der Waals surface area contributed by atoms with Crippen LogP contribution in [0.4, 0.5) is 0 Å². The van der Waals surface area contributed by atoms with E-state index in [0.29, 0.717) is 0 Å². The highest BCUT2D eigenvalue weighted by atomic mass is 79.9. The fraction of sp³-hybridized carbons (Fsp3) is 0.286. The average Bonchev–Trinajstić information content (AvgIpc) is 3.00. The third kappa shape index (κ3) is 2.36. The van der Waals surface area contributed by atoms with E-state index in [1.165, 1.54) is 0 Å². The molecule has 6 heteroatoms. The summed E-state index contributed by atoms with van der Waals surface area (Å²) in [6, 6.07) is 6.22. The molecule has 0 radical (unpaired) electrons. The van der Waals surface area contributed by atoms with Gasteiger partial charge in [-0.3, -0.25) is 0 Å². The van der Waals surface area contributed by atoms with Crippen LogP contribution < -0.4 is 5.32 Å². The second-order valence-electron chi connectivity index (χ2n) is 4.76. The van der Waals surface area contributed by atoms with Crippen molar-refractivity contribution in [2.45, 2.75) is 6.42 Å². The zero-order valence-corrected chi connectivity index (χ0v) is 13.0. The number of halogens is 1. The van der Waals surface area contributed by atoms with Gasteiger partial charge in [0.05, 0.1) is 17.4 Å². The lowest BCUT2D eigenvalue weighted by atomic mass is 10.1. The van der Waals surface area contributed by atoms with Crippen molar-refractivity contribution < 1.29 is 0 Å². The van der Waals surface area contributed by atoms with Crippen molar-refractivity contribution >= 4 is 27.0 Å². The van der Waals surface area contributed by atoms with E-state index in [1.54, 1.807) is 0 Å². The van der Waals surface area contributed by atoms with Crippen LogP contribution in [-0.4, -0.2) is 33.1 Å². The van der Waals surface area contributed by atoms with Crippen LogP contribution in [0.5, 0.6) is 0 Å². The summed E-state index contributed by atoms with van der Waals surface area (Å²) < 4.78 is 2.93. The van der Waals surface area contributed by atoms with Crippen LogP contribution in [0.15, 0.2) is 29.1 Å². The molecule has 0 fully saturated rings. The number of hydrogen-bond donors (Lipinski definition) is 2. The third-order valence-corrected chi connectivity index (χ3v) is 3.89. The Kier molecular flexibility index (Phi) is 3.58. The van der Waals surface area contributed by atoms with Gasteiger partial charge in [0.25, 0.3) is 0 Å². The van der Waals surface area contributed by atoms with Crippen molar-refractivity contribution in [1.82, 2.24) is 24.8 Å². The van der Waals surface area contributed by atoms with Gasteiger partial charge in [-0.25, -0.2) is 9.97 Å². The van der Waals surface area contributed by atoms with Crippen molar-refractivity contribution in [3.05, 3.63) is 35.0 Å². The highest BCUT2D eigenvalue weighted by Crippen LogP contribution is 2.28. The fourth-order valence-electron chi connectivity index (χ4n) is 2.23. The van der Waals surface area contributed by atoms with E-state index >= 15 is 0 Å². The maximum absolute atomic E-state index is 4.65. The van der Waals surface area contributed by atoms with Crippen molar-refractivity contribution in [2.24, 2.45) is 7.05 Å². The summed E-state index contributed by atoms with van der Waals surface area (Å²) in [4.78, 5) is 12.3. The summed E-state index contributed by atoms with van der Waals surface area (Å²) >= 11 is 3.55. The molecule has 0 spiro atoms. The number of fused-ring (bicyclic) bond motifs is 1. The molecular formula is C14H16BrN5. The van der Waals surface area contributed by atoms with Crippen molar-refractivity contribution in [2.75, 3.05) is 13.6 Å². The number of likely N-dealkylation sites (N-methyl/N-ethyl adjacent to an activating group) is 1. The number of nitrogens with one attached hydrogen (secondary N) is 2. The smallest absolute Gasteiger partial charge is 0.110 e. The molecule has 1 aromatic carbocycles. The van der Waals surface area contributed by atoms with E-state index in [1.807, 2.05) is 25.0 Å². The van der Waals surface area contributed by atoms with Gasteiger partial charge in [0.15, 0.2) is 0 Å². The average molecular weight is 334 g/mol. The standard InChI is InChI=1S/C14H16BrN5/c1-16-6-5-12-18-13(14(15)19-12)9-3-4-11-10(7-9)17-8-20(11)2/h3-4,7-8,16H,5-6H2,1-2H3,(H,18,19). The third-order valence-electron chi connectivity index (χ3n) is 3.32. The van der Waals surface area contributed by atoms with Crippen LogP contribution >= 0.6 is 15.9 Å². The van der Waals surface area contributed by atoms with E-state index < -0.39 is 0 Å². The first-order chi connectivity index (χ1) is 9.69. The van der Waals surface area contributed by atoms with Gasteiger partial charge in [-0.1, -0.05) is 6.07 Å². The largest absolute Gasteiger partial charge is 0.336 e. The predicted molar refractivity (Wildman–Crippen MR) is 83.6 cm³/mol. The molecule has 0 unspecified atom stereocenters. The molecule has 0 bridgehead atoms. The summed E-state index contributed by atoms with van der Waals surface area (Å²) in [6.07, 6.45) is 2.70. The molecule has 2 heterocycles. The Hall–Kier alpha value is -1.66. The first-order valence-electron chi connectivity index (χ1n) is 6.49. The minimum Gasteiger partial charge on any atom is -0.336 e. The maximum Gasteiger partial charge on any atom is 0.110 e. The van der Waals surface area contributed by atoms with Crippen LogP contribution in [0, 0.1) is 0 Å². The molecule has 20 heavy (non-hydrogen) atoms. The molecule has 0 saturated carbocycles. The monoisotopic (exact) mass is 333 g/mol. The lowest BCUT2D eigenvalue weighted by Crippen LogP contribution is -2.11. The number of aromatic amines is 1. The Morgan fingerprint density at radius 1 is 1.40 bits per heavy atom. The SMILES string of the molecule is CNCCc1nc(-c2ccc3c(c2)ncn3C)c(Br)[nH]1. The van der Waals surface area contributed by atoms with Crippen LogP contribution in [0.25, 0.3) is 22.3 Å². The number of nitrogens with zero attached hydrogens (tertiary/aromatic N) is 3. The highest BCUT2D eigenvalue weighted by Gasteiger charge is 2.11. The van der Waals surface area contributed by atoms with Crippen LogP contribution in [0.3, 0.4) is 0 Å². The lowest BCUT2D eigenvalue weighted by molar-refractivity contribution is 0.764. The lowest BCUT2D eigenvalue weighted by Gasteiger charge is -1.99. The molecule has 104 valence electrons. The molecule has 3 aromatic rings. The topological polar surface area (TPSA) is 58.5 Å². The van der Waals surface area contributed by atoms with Gasteiger partial charge in [0, 0.05) is 25.6 Å². The highest BCUT2D eigenvalue weighted by molar-refractivity contribution is 9.10. The number of imidazole rings is 2. The summed E-state index contributed by atoms with van der Waals surface area (Å²) in [5, 5.41) is 3.12. The van der Waals surface area contributed by atoms with E-state index in [0.717, 1.165) is 45.7 Å². The fourth-order valence-corrected chi connectivity index (χ4v) is 2.78. The van der Waals surface area contributed by atoms with Crippen LogP contribution in [-0.2, 0) is 13.5 Å². The summed E-state index contributed by atoms with van der Waals surface area (Å²) in [7, 11) is 3.93. The van der Waals surface area contributed by atoms with Gasteiger partial charge in [-0.2, -0.15) is 0 Å². The molecule has 0 saturated heterocycles. The van der Waals surface area contributed by atoms with Crippen LogP contribution in [0.2, 0.25) is 0 Å². The number of benzene rings is 1. The van der Waals surface area contributed by atoms with E-state index in [2.05, 4.69) is 54.4 Å². The minimum absolute atomic E-state index is 0.876. The molecule has 3 rings (SSSR count). The minimum atomic E-state index is 0.876. The Bertz CT molecular complexity index is 743. The molecule has 0 amide bonds. The Balaban J connectivity index is 1.99. The van der Waals surface area contributed by atoms with Gasteiger partial charge in [0.2, 0.25) is 0 Å². The van der Waals surface area contributed by atoms with Crippen molar-refractivity contribution in [3.63, 3.8) is 0 Å². The first-order valence-corrected chi connectivity index (χ1v) is 7.29. The van der Waals surface area contributed by atoms with E-state index in [-0.39, 0.29) is 0 Å². The molecular weight excluding hydrogens is 318 g/mol. The van der Waals surface area contributed by atoms with Gasteiger partial charge in [0.1, 0.15) is 16.1 Å². The molecule has 0 aliphatic rings. The zero-order valence-electron chi connectivity index (χ0n) is 11.4. The van der Waals surface area contributed by atoms with Gasteiger partial charge in [-0.15, -0.1) is 0 Å². The summed E-state index contributed by atoms with van der Waals surface area (Å²) in [5.41, 5.74) is 4.10. The Morgan fingerprint density at radius 2 is 2.25 bits per heavy atom. The molecule has 2 aromatic heterocycles. The number of aromatic nitrogens is 4. The quantitative estimate of drug-likeness (QED) is 0.771. The van der Waals surface area contributed by atoms with Crippen LogP contribution in [0.1, 0.15) is 5.82 Å². The number of rotatable bonds is 4. The maximum atomic E-state index is 4.65. The summed E-state index contributed by atoms with van der Waals surface area (Å²) in [5.74, 6) is 0.974. The van der Waals surface area contributed by atoms with Gasteiger partial charge >= 0.3 is 0 Å². The molecule has 2 N–H and O–H groups in total. The number of aryl methyl sites for hydroxylation is 1. The second kappa shape index (κ2) is 5.38. The van der Waals surface area contributed by atoms with E-state index in [4.69, 9.17) is 0 Å². The summed E-state index contributed by atoms with van der Waals surface area (Å²) in [6.45, 7) is 0.901. The Morgan fingerprint density at radius 3 is 3.05 bits per heavy atom. The van der Waals surface area contributed by atoms with Gasteiger partial charge < -0.3 is 14.9 Å². The molecule has 5 nitrogen and oxygen atoms in total. The van der Waals surface area contributed by atoms with Crippen molar-refractivity contribution in [3.8, 4) is 11.3 Å². The molecule has 0 aliphatic heterocycles. The number of H-pyrrole nitrogens is 1. The molecule has 0 atom stereocenters. The van der Waals surface area contributed by atoms with Crippen molar-refractivity contribution in [1.29, 1.82) is 0 Å².